The van der Waals surface area contributed by atoms with Crippen LogP contribution in [0.25, 0.3) is 5.69 Å². The highest BCUT2D eigenvalue weighted by molar-refractivity contribution is 5.95. The van der Waals surface area contributed by atoms with Crippen LogP contribution >= 0.6 is 0 Å². The average molecular weight is 420 g/mol. The summed E-state index contributed by atoms with van der Waals surface area (Å²) in [6, 6.07) is 12.5. The molecule has 8 heteroatoms. The largest absolute Gasteiger partial charge is 0.478 e. The van der Waals surface area contributed by atoms with Gasteiger partial charge in [0.05, 0.1) is 29.5 Å². The highest BCUT2D eigenvalue weighted by atomic mass is 16.5. The van der Waals surface area contributed by atoms with Crippen molar-refractivity contribution in [1.29, 1.82) is 0 Å². The molecule has 0 spiro atoms. The Balaban J connectivity index is 1.98. The van der Waals surface area contributed by atoms with Crippen molar-refractivity contribution in [3.05, 3.63) is 82.2 Å². The first-order valence-electron chi connectivity index (χ1n) is 9.24. The van der Waals surface area contributed by atoms with Crippen molar-refractivity contribution in [2.45, 2.75) is 13.8 Å². The number of rotatable bonds is 6. The number of carbonyl (C=O) groups excluding carboxylic acids is 1. The zero-order chi connectivity index (χ0) is 22.7. The van der Waals surface area contributed by atoms with Gasteiger partial charge in [0, 0.05) is 28.9 Å². The number of hydrogen-bond acceptors (Lipinski definition) is 5. The molecule has 0 radical (unpaired) electrons. The van der Waals surface area contributed by atoms with Crippen LogP contribution < -0.4 is 0 Å². The molecule has 158 valence electrons. The number of carbonyl (C=O) groups is 3. The summed E-state index contributed by atoms with van der Waals surface area (Å²) in [6.45, 7) is 3.67. The Morgan fingerprint density at radius 2 is 1.48 bits per heavy atom. The predicted molar refractivity (Wildman–Crippen MR) is 114 cm³/mol. The molecule has 1 aromatic heterocycles. The molecule has 31 heavy (non-hydrogen) atoms. The van der Waals surface area contributed by atoms with Crippen LogP contribution in [0.5, 0.6) is 0 Å². The number of aryl methyl sites for hydroxylation is 1. The van der Waals surface area contributed by atoms with Crippen molar-refractivity contribution in [3.8, 4) is 5.69 Å². The van der Waals surface area contributed by atoms with Crippen molar-refractivity contribution in [1.82, 2.24) is 4.57 Å². The highest BCUT2D eigenvalue weighted by Crippen LogP contribution is 2.23. The van der Waals surface area contributed by atoms with Crippen LogP contribution in [0.1, 0.15) is 48.0 Å². The van der Waals surface area contributed by atoms with Crippen molar-refractivity contribution in [2.24, 2.45) is 4.99 Å². The number of hydrogen-bond donors (Lipinski definition) is 2. The summed E-state index contributed by atoms with van der Waals surface area (Å²) < 4.78 is 6.45. The van der Waals surface area contributed by atoms with Crippen LogP contribution in [0.15, 0.2) is 53.5 Å². The topological polar surface area (TPSA) is 118 Å². The van der Waals surface area contributed by atoms with Gasteiger partial charge in [-0.05, 0) is 62.4 Å². The van der Waals surface area contributed by atoms with E-state index in [0.717, 1.165) is 23.0 Å². The fourth-order valence-electron chi connectivity index (χ4n) is 3.25. The molecule has 0 aliphatic heterocycles. The fourth-order valence-corrected chi connectivity index (χ4v) is 3.25. The Morgan fingerprint density at radius 1 is 0.903 bits per heavy atom. The van der Waals surface area contributed by atoms with Crippen LogP contribution in [0.2, 0.25) is 0 Å². The zero-order valence-corrected chi connectivity index (χ0v) is 17.1. The Hall–Kier alpha value is -4.20. The lowest BCUT2D eigenvalue weighted by atomic mass is 10.1. The molecule has 3 aromatic rings. The summed E-state index contributed by atoms with van der Waals surface area (Å²) >= 11 is 0. The minimum Gasteiger partial charge on any atom is -0.478 e. The van der Waals surface area contributed by atoms with Gasteiger partial charge in [-0.3, -0.25) is 4.99 Å². The Kier molecular flexibility index (Phi) is 6.01. The van der Waals surface area contributed by atoms with E-state index in [1.54, 1.807) is 35.0 Å². The van der Waals surface area contributed by atoms with E-state index < -0.39 is 17.9 Å². The summed E-state index contributed by atoms with van der Waals surface area (Å²) in [4.78, 5) is 38.8. The molecule has 8 nitrogen and oxygen atoms in total. The van der Waals surface area contributed by atoms with Crippen molar-refractivity contribution < 1.29 is 29.3 Å². The molecular formula is C23H20N2O6. The quantitative estimate of drug-likeness (QED) is 0.459. The van der Waals surface area contributed by atoms with E-state index >= 15 is 0 Å². The number of aromatic carboxylic acids is 2. The van der Waals surface area contributed by atoms with Crippen LogP contribution in [-0.4, -0.2) is 46.0 Å². The molecular weight excluding hydrogens is 400 g/mol. The lowest BCUT2D eigenvalue weighted by Gasteiger charge is -2.12. The molecule has 0 fully saturated rings. The summed E-state index contributed by atoms with van der Waals surface area (Å²) in [5.41, 5.74) is 3.63. The maximum atomic E-state index is 11.5. The van der Waals surface area contributed by atoms with E-state index in [1.807, 2.05) is 19.9 Å². The Morgan fingerprint density at radius 3 is 2.00 bits per heavy atom. The normalized spacial score (nSPS) is 10.9. The van der Waals surface area contributed by atoms with E-state index in [1.165, 1.54) is 19.2 Å². The number of carboxylic acid groups (broad SMARTS) is 2. The molecule has 3 rings (SSSR count). The fraction of sp³-hybridized carbons (Fsp3) is 0.130. The standard InChI is InChI=1S/C23H20N2O6/c1-13-8-18(12-24-19-6-4-15(5-7-19)23(30)31-3)14(2)25(13)20-10-16(21(26)27)9-17(11-20)22(28)29/h4-12H,1-3H3,(H,26,27)(H,28,29). The SMILES string of the molecule is COC(=O)c1ccc(N=Cc2cc(C)n(-c3cc(C(=O)O)cc(C(=O)O)c3)c2C)cc1. The van der Waals surface area contributed by atoms with Gasteiger partial charge in [-0.25, -0.2) is 14.4 Å². The van der Waals surface area contributed by atoms with Gasteiger partial charge in [-0.2, -0.15) is 0 Å². The van der Waals surface area contributed by atoms with Crippen LogP contribution in [0.4, 0.5) is 5.69 Å². The molecule has 2 aromatic carbocycles. The molecule has 0 atom stereocenters. The molecule has 0 saturated carbocycles. The first kappa shape index (κ1) is 21.5. The number of nitrogens with zero attached hydrogens (tertiary/aromatic N) is 2. The van der Waals surface area contributed by atoms with Gasteiger partial charge in [-0.15, -0.1) is 0 Å². The summed E-state index contributed by atoms with van der Waals surface area (Å²) in [6.07, 6.45) is 1.66. The van der Waals surface area contributed by atoms with E-state index in [0.29, 0.717) is 16.9 Å². The van der Waals surface area contributed by atoms with Gasteiger partial charge in [0.15, 0.2) is 0 Å². The van der Waals surface area contributed by atoms with Gasteiger partial charge < -0.3 is 19.5 Å². The molecule has 0 saturated heterocycles. The average Bonchev–Trinajstić information content (AvgIpc) is 3.04. The number of ether oxygens (including phenoxy) is 1. The van der Waals surface area contributed by atoms with Crippen molar-refractivity contribution >= 4 is 29.8 Å². The lowest BCUT2D eigenvalue weighted by Crippen LogP contribution is -2.07. The van der Waals surface area contributed by atoms with Gasteiger partial charge in [0.2, 0.25) is 0 Å². The predicted octanol–water partition coefficient (Wildman–Crippen LogP) is 4.03. The summed E-state index contributed by atoms with van der Waals surface area (Å²) in [5, 5.41) is 18.7. The Bertz CT molecular complexity index is 1170. The first-order valence-corrected chi connectivity index (χ1v) is 9.24. The van der Waals surface area contributed by atoms with E-state index in [-0.39, 0.29) is 11.1 Å². The molecule has 0 bridgehead atoms. The number of carboxylic acids is 2. The van der Waals surface area contributed by atoms with Gasteiger partial charge >= 0.3 is 17.9 Å². The molecule has 0 aliphatic rings. The molecule has 2 N–H and O–H groups in total. The number of aliphatic imine (C=N–C) groups is 1. The molecule has 1 heterocycles. The third-order valence-electron chi connectivity index (χ3n) is 4.78. The number of esters is 1. The lowest BCUT2D eigenvalue weighted by molar-refractivity contribution is 0.0599. The minimum absolute atomic E-state index is 0.108. The number of benzene rings is 2. The van der Waals surface area contributed by atoms with Gasteiger partial charge in [0.1, 0.15) is 0 Å². The summed E-state index contributed by atoms with van der Waals surface area (Å²) in [7, 11) is 1.32. The van der Waals surface area contributed by atoms with Crippen LogP contribution in [0.3, 0.4) is 0 Å². The summed E-state index contributed by atoms with van der Waals surface area (Å²) in [5.74, 6) is -2.84. The molecule has 0 unspecified atom stereocenters. The second-order valence-electron chi connectivity index (χ2n) is 6.84. The van der Waals surface area contributed by atoms with E-state index in [9.17, 15) is 24.6 Å². The maximum absolute atomic E-state index is 11.5. The molecule has 0 amide bonds. The van der Waals surface area contributed by atoms with Crippen molar-refractivity contribution in [2.75, 3.05) is 7.11 Å². The third-order valence-corrected chi connectivity index (χ3v) is 4.78. The number of aromatic nitrogens is 1. The van der Waals surface area contributed by atoms with Crippen LogP contribution in [-0.2, 0) is 4.74 Å². The monoisotopic (exact) mass is 420 g/mol. The Labute approximate surface area is 178 Å². The van der Waals surface area contributed by atoms with Crippen LogP contribution in [0, 0.1) is 13.8 Å². The van der Waals surface area contributed by atoms with E-state index in [2.05, 4.69) is 9.73 Å². The number of methoxy groups -OCH3 is 1. The van der Waals surface area contributed by atoms with E-state index in [4.69, 9.17) is 0 Å². The van der Waals surface area contributed by atoms with Crippen molar-refractivity contribution in [3.63, 3.8) is 0 Å². The maximum Gasteiger partial charge on any atom is 0.337 e. The van der Waals surface area contributed by atoms with Gasteiger partial charge in [-0.1, -0.05) is 0 Å². The minimum atomic E-state index is -1.20. The molecule has 0 aliphatic carbocycles. The highest BCUT2D eigenvalue weighted by Gasteiger charge is 2.16. The smallest absolute Gasteiger partial charge is 0.337 e. The van der Waals surface area contributed by atoms with Gasteiger partial charge in [0.25, 0.3) is 0 Å². The third kappa shape index (κ3) is 4.53. The first-order chi connectivity index (χ1) is 14.7. The second kappa shape index (κ2) is 8.66. The zero-order valence-electron chi connectivity index (χ0n) is 17.1. The second-order valence-corrected chi connectivity index (χ2v) is 6.84.